The van der Waals surface area contributed by atoms with Crippen LogP contribution in [-0.2, 0) is 20.7 Å². The Kier molecular flexibility index (Phi) is 5.85. The molecule has 19 heavy (non-hydrogen) atoms. The number of nitrogens with two attached hydrogens (primary N) is 1. The lowest BCUT2D eigenvalue weighted by molar-refractivity contribution is -0.143. The molecule has 2 N–H and O–H groups in total. The van der Waals surface area contributed by atoms with Crippen molar-refractivity contribution in [3.05, 3.63) is 29.8 Å². The maximum atomic E-state index is 11.5. The Morgan fingerprint density at radius 2 is 1.84 bits per heavy atom. The molecule has 5 heteroatoms. The van der Waals surface area contributed by atoms with Crippen LogP contribution < -0.4 is 5.73 Å². The zero-order chi connectivity index (χ0) is 14.3. The van der Waals surface area contributed by atoms with Gasteiger partial charge in [0.2, 0.25) is 5.91 Å². The van der Waals surface area contributed by atoms with Crippen LogP contribution in [0.2, 0.25) is 0 Å². The fourth-order valence-electron chi connectivity index (χ4n) is 1.49. The standard InChI is InChI=1S/C14H20N2O3/c1-16(2)13(17)4-3-9-19-14(18)10-11-5-7-12(15)8-6-11/h5-8H,3-4,9-10,15H2,1-2H3. The topological polar surface area (TPSA) is 72.6 Å². The maximum absolute atomic E-state index is 11.5. The number of carbonyl (C=O) groups excluding carboxylic acids is 2. The number of hydrogen-bond acceptors (Lipinski definition) is 4. The number of nitrogens with zero attached hydrogens (tertiary/aromatic N) is 1. The largest absolute Gasteiger partial charge is 0.465 e. The summed E-state index contributed by atoms with van der Waals surface area (Å²) in [5.41, 5.74) is 7.09. The Morgan fingerprint density at radius 3 is 2.42 bits per heavy atom. The molecule has 0 aromatic heterocycles. The summed E-state index contributed by atoms with van der Waals surface area (Å²) < 4.78 is 5.07. The first-order chi connectivity index (χ1) is 8.99. The Hall–Kier alpha value is -2.04. The molecule has 0 unspecified atom stereocenters. The number of ether oxygens (including phenoxy) is 1. The summed E-state index contributed by atoms with van der Waals surface area (Å²) in [6.45, 7) is 0.271. The molecule has 0 bridgehead atoms. The van der Waals surface area contributed by atoms with E-state index in [4.69, 9.17) is 10.5 Å². The van der Waals surface area contributed by atoms with Crippen molar-refractivity contribution in [1.29, 1.82) is 0 Å². The van der Waals surface area contributed by atoms with Gasteiger partial charge in [-0.3, -0.25) is 9.59 Å². The lowest BCUT2D eigenvalue weighted by Crippen LogP contribution is -2.21. The fraction of sp³-hybridized carbons (Fsp3) is 0.429. The van der Waals surface area contributed by atoms with E-state index in [1.807, 2.05) is 0 Å². The van der Waals surface area contributed by atoms with Crippen molar-refractivity contribution in [2.75, 3.05) is 26.4 Å². The van der Waals surface area contributed by atoms with Crippen molar-refractivity contribution in [1.82, 2.24) is 4.90 Å². The van der Waals surface area contributed by atoms with E-state index < -0.39 is 0 Å². The van der Waals surface area contributed by atoms with Gasteiger partial charge in [0.1, 0.15) is 0 Å². The second-order valence-corrected chi connectivity index (χ2v) is 4.53. The third-order valence-electron chi connectivity index (χ3n) is 2.63. The fourth-order valence-corrected chi connectivity index (χ4v) is 1.49. The van der Waals surface area contributed by atoms with Crippen molar-refractivity contribution in [3.63, 3.8) is 0 Å². The van der Waals surface area contributed by atoms with Crippen LogP contribution in [0.25, 0.3) is 0 Å². The maximum Gasteiger partial charge on any atom is 0.310 e. The number of carbonyl (C=O) groups is 2. The number of rotatable bonds is 6. The van der Waals surface area contributed by atoms with Crippen LogP contribution in [0.15, 0.2) is 24.3 Å². The minimum absolute atomic E-state index is 0.0367. The SMILES string of the molecule is CN(C)C(=O)CCCOC(=O)Cc1ccc(N)cc1. The number of esters is 1. The van der Waals surface area contributed by atoms with Crippen molar-refractivity contribution >= 4 is 17.6 Å². The predicted octanol–water partition coefficient (Wildman–Crippen LogP) is 1.22. The third kappa shape index (κ3) is 5.90. The lowest BCUT2D eigenvalue weighted by Gasteiger charge is -2.10. The van der Waals surface area contributed by atoms with E-state index in [9.17, 15) is 9.59 Å². The molecule has 5 nitrogen and oxygen atoms in total. The molecular weight excluding hydrogens is 244 g/mol. The molecule has 1 aromatic rings. The number of anilines is 1. The molecule has 0 saturated heterocycles. The molecular formula is C14H20N2O3. The Balaban J connectivity index is 2.21. The van der Waals surface area contributed by atoms with Gasteiger partial charge in [0, 0.05) is 26.2 Å². The zero-order valence-corrected chi connectivity index (χ0v) is 11.4. The first kappa shape index (κ1) is 15.0. The molecule has 1 amide bonds. The first-order valence-electron chi connectivity index (χ1n) is 6.19. The van der Waals surface area contributed by atoms with E-state index in [1.165, 1.54) is 4.90 Å². The van der Waals surface area contributed by atoms with E-state index in [1.54, 1.807) is 38.4 Å². The van der Waals surface area contributed by atoms with Gasteiger partial charge in [-0.25, -0.2) is 0 Å². The lowest BCUT2D eigenvalue weighted by atomic mass is 10.1. The zero-order valence-electron chi connectivity index (χ0n) is 11.4. The van der Waals surface area contributed by atoms with Crippen LogP contribution >= 0.6 is 0 Å². The molecule has 0 radical (unpaired) electrons. The highest BCUT2D eigenvalue weighted by molar-refractivity contribution is 5.75. The second-order valence-electron chi connectivity index (χ2n) is 4.53. The van der Waals surface area contributed by atoms with E-state index in [0.29, 0.717) is 18.5 Å². The minimum atomic E-state index is -0.290. The molecule has 104 valence electrons. The number of amides is 1. The molecule has 0 atom stereocenters. The van der Waals surface area contributed by atoms with Crippen LogP contribution in [-0.4, -0.2) is 37.5 Å². The molecule has 0 aliphatic carbocycles. The van der Waals surface area contributed by atoms with Gasteiger partial charge in [-0.05, 0) is 24.1 Å². The normalized spacial score (nSPS) is 10.0. The summed E-state index contributed by atoms with van der Waals surface area (Å²) in [4.78, 5) is 24.3. The Morgan fingerprint density at radius 1 is 1.21 bits per heavy atom. The van der Waals surface area contributed by atoms with Crippen LogP contribution in [0.3, 0.4) is 0 Å². The van der Waals surface area contributed by atoms with Crippen LogP contribution in [0.4, 0.5) is 5.69 Å². The molecule has 0 aliphatic rings. The molecule has 0 aliphatic heterocycles. The van der Waals surface area contributed by atoms with Gasteiger partial charge < -0.3 is 15.4 Å². The van der Waals surface area contributed by atoms with Gasteiger partial charge in [-0.15, -0.1) is 0 Å². The predicted molar refractivity (Wildman–Crippen MR) is 73.4 cm³/mol. The molecule has 0 heterocycles. The highest BCUT2D eigenvalue weighted by Crippen LogP contribution is 2.07. The molecule has 0 spiro atoms. The van der Waals surface area contributed by atoms with Crippen molar-refractivity contribution < 1.29 is 14.3 Å². The molecule has 0 fully saturated rings. The van der Waals surface area contributed by atoms with Crippen molar-refractivity contribution in [3.8, 4) is 0 Å². The summed E-state index contributed by atoms with van der Waals surface area (Å²) >= 11 is 0. The second kappa shape index (κ2) is 7.41. The Bertz CT molecular complexity index is 427. The van der Waals surface area contributed by atoms with Gasteiger partial charge in [0.25, 0.3) is 0 Å². The number of benzene rings is 1. The smallest absolute Gasteiger partial charge is 0.310 e. The monoisotopic (exact) mass is 264 g/mol. The highest BCUT2D eigenvalue weighted by atomic mass is 16.5. The van der Waals surface area contributed by atoms with Crippen LogP contribution in [0.5, 0.6) is 0 Å². The average Bonchev–Trinajstić information content (AvgIpc) is 2.37. The highest BCUT2D eigenvalue weighted by Gasteiger charge is 2.07. The van der Waals surface area contributed by atoms with Gasteiger partial charge >= 0.3 is 5.97 Å². The summed E-state index contributed by atoms with van der Waals surface area (Å²) in [6, 6.07) is 7.09. The molecule has 0 saturated carbocycles. The molecule has 1 aromatic carbocycles. The summed E-state index contributed by atoms with van der Waals surface area (Å²) in [6.07, 6.45) is 1.16. The van der Waals surface area contributed by atoms with E-state index in [-0.39, 0.29) is 24.9 Å². The average molecular weight is 264 g/mol. The van der Waals surface area contributed by atoms with Crippen molar-refractivity contribution in [2.24, 2.45) is 0 Å². The van der Waals surface area contributed by atoms with Gasteiger partial charge in [-0.2, -0.15) is 0 Å². The quantitative estimate of drug-likeness (QED) is 0.476. The van der Waals surface area contributed by atoms with Gasteiger partial charge in [-0.1, -0.05) is 12.1 Å². The summed E-state index contributed by atoms with van der Waals surface area (Å²) in [7, 11) is 3.41. The third-order valence-corrected chi connectivity index (χ3v) is 2.63. The number of hydrogen-bond donors (Lipinski definition) is 1. The minimum Gasteiger partial charge on any atom is -0.465 e. The van der Waals surface area contributed by atoms with Crippen LogP contribution in [0.1, 0.15) is 18.4 Å². The van der Waals surface area contributed by atoms with E-state index in [0.717, 1.165) is 5.56 Å². The first-order valence-corrected chi connectivity index (χ1v) is 6.19. The van der Waals surface area contributed by atoms with E-state index in [2.05, 4.69) is 0 Å². The summed E-state index contributed by atoms with van der Waals surface area (Å²) in [5, 5.41) is 0. The molecule has 1 rings (SSSR count). The van der Waals surface area contributed by atoms with Crippen LogP contribution in [0, 0.1) is 0 Å². The number of nitrogen functional groups attached to an aromatic ring is 1. The van der Waals surface area contributed by atoms with Gasteiger partial charge in [0.15, 0.2) is 0 Å². The Labute approximate surface area is 113 Å². The van der Waals surface area contributed by atoms with Crippen molar-refractivity contribution in [2.45, 2.75) is 19.3 Å². The van der Waals surface area contributed by atoms with Gasteiger partial charge in [0.05, 0.1) is 13.0 Å². The van der Waals surface area contributed by atoms with E-state index >= 15 is 0 Å². The summed E-state index contributed by atoms with van der Waals surface area (Å²) in [5.74, 6) is -0.253.